The number of nitrogens with zero attached hydrogens (tertiary/aromatic N) is 1. The maximum atomic E-state index is 4.14. The monoisotopic (exact) mass is 246 g/mol. The summed E-state index contributed by atoms with van der Waals surface area (Å²) in [5, 5.41) is 3.54. The van der Waals surface area contributed by atoms with Crippen LogP contribution in [0, 0.1) is 13.8 Å². The highest BCUT2D eigenvalue weighted by Crippen LogP contribution is 2.21. The van der Waals surface area contributed by atoms with E-state index in [1.807, 2.05) is 29.8 Å². The van der Waals surface area contributed by atoms with Crippen LogP contribution in [0.25, 0.3) is 0 Å². The first-order chi connectivity index (χ1) is 8.16. The van der Waals surface area contributed by atoms with Crippen LogP contribution >= 0.6 is 11.3 Å². The second-order valence-electron chi connectivity index (χ2n) is 4.33. The minimum atomic E-state index is 0.336. The summed E-state index contributed by atoms with van der Waals surface area (Å²) in [4.78, 5) is 6.94. The molecule has 2 heterocycles. The molecule has 0 aliphatic heterocycles. The van der Waals surface area contributed by atoms with E-state index in [0.29, 0.717) is 6.04 Å². The van der Waals surface area contributed by atoms with Gasteiger partial charge in [-0.1, -0.05) is 6.07 Å². The zero-order chi connectivity index (χ0) is 12.3. The van der Waals surface area contributed by atoms with E-state index in [1.54, 1.807) is 0 Å². The second-order valence-corrected chi connectivity index (χ2v) is 5.79. The van der Waals surface area contributed by atoms with Gasteiger partial charge in [0.1, 0.15) is 0 Å². The molecule has 0 spiro atoms. The summed E-state index contributed by atoms with van der Waals surface area (Å²) in [6.07, 6.45) is 3.73. The highest BCUT2D eigenvalue weighted by Gasteiger charge is 2.07. The second kappa shape index (κ2) is 5.43. The molecule has 0 bridgehead atoms. The maximum Gasteiger partial charge on any atom is 0.0315 e. The fourth-order valence-corrected chi connectivity index (χ4v) is 2.82. The lowest BCUT2D eigenvalue weighted by Gasteiger charge is -2.13. The number of rotatable bonds is 4. The van der Waals surface area contributed by atoms with Crippen molar-refractivity contribution in [2.24, 2.45) is 0 Å². The van der Waals surface area contributed by atoms with E-state index in [-0.39, 0.29) is 0 Å². The Labute approximate surface area is 107 Å². The van der Waals surface area contributed by atoms with E-state index in [1.165, 1.54) is 20.9 Å². The highest BCUT2D eigenvalue weighted by molar-refractivity contribution is 7.12. The topological polar surface area (TPSA) is 24.9 Å². The molecule has 0 aliphatic carbocycles. The summed E-state index contributed by atoms with van der Waals surface area (Å²) < 4.78 is 0. The minimum absolute atomic E-state index is 0.336. The Morgan fingerprint density at radius 2 is 2.24 bits per heavy atom. The van der Waals surface area contributed by atoms with Crippen molar-refractivity contribution in [2.45, 2.75) is 33.4 Å². The van der Waals surface area contributed by atoms with Crippen molar-refractivity contribution < 1.29 is 0 Å². The van der Waals surface area contributed by atoms with Crippen LogP contribution in [0.5, 0.6) is 0 Å². The van der Waals surface area contributed by atoms with E-state index < -0.39 is 0 Å². The number of aromatic nitrogens is 1. The van der Waals surface area contributed by atoms with Crippen molar-refractivity contribution in [1.29, 1.82) is 0 Å². The van der Waals surface area contributed by atoms with Crippen LogP contribution in [0.1, 0.15) is 33.8 Å². The SMILES string of the molecule is Cc1cc(CN[C@@H](C)c2cccnc2)c(C)s1. The Morgan fingerprint density at radius 1 is 1.41 bits per heavy atom. The summed E-state index contributed by atoms with van der Waals surface area (Å²) in [6.45, 7) is 7.44. The molecule has 3 heteroatoms. The van der Waals surface area contributed by atoms with Gasteiger partial charge in [-0.15, -0.1) is 11.3 Å². The van der Waals surface area contributed by atoms with Crippen molar-refractivity contribution in [1.82, 2.24) is 10.3 Å². The number of pyridine rings is 1. The first kappa shape index (κ1) is 12.3. The lowest BCUT2D eigenvalue weighted by molar-refractivity contribution is 0.572. The van der Waals surface area contributed by atoms with Crippen molar-refractivity contribution >= 4 is 11.3 Å². The molecule has 1 atom stereocenters. The van der Waals surface area contributed by atoms with Crippen LogP contribution in [-0.4, -0.2) is 4.98 Å². The molecule has 0 saturated heterocycles. The van der Waals surface area contributed by atoms with Crippen LogP contribution < -0.4 is 5.32 Å². The summed E-state index contributed by atoms with van der Waals surface area (Å²) in [7, 11) is 0. The number of aryl methyl sites for hydroxylation is 2. The molecule has 2 rings (SSSR count). The lowest BCUT2D eigenvalue weighted by atomic mass is 10.1. The molecule has 0 unspecified atom stereocenters. The van der Waals surface area contributed by atoms with Crippen molar-refractivity contribution in [3.63, 3.8) is 0 Å². The normalized spacial score (nSPS) is 12.6. The van der Waals surface area contributed by atoms with Gasteiger partial charge in [-0.3, -0.25) is 4.98 Å². The number of hydrogen-bond acceptors (Lipinski definition) is 3. The molecule has 17 heavy (non-hydrogen) atoms. The van der Waals surface area contributed by atoms with Gasteiger partial charge in [0.25, 0.3) is 0 Å². The van der Waals surface area contributed by atoms with E-state index in [9.17, 15) is 0 Å². The Kier molecular flexibility index (Phi) is 3.92. The highest BCUT2D eigenvalue weighted by atomic mass is 32.1. The molecule has 2 aromatic heterocycles. The first-order valence-electron chi connectivity index (χ1n) is 5.86. The Hall–Kier alpha value is -1.19. The van der Waals surface area contributed by atoms with Crippen molar-refractivity contribution in [3.8, 4) is 0 Å². The van der Waals surface area contributed by atoms with Crippen LogP contribution in [0.15, 0.2) is 30.6 Å². The minimum Gasteiger partial charge on any atom is -0.306 e. The molecule has 0 amide bonds. The maximum absolute atomic E-state index is 4.14. The molecule has 0 fully saturated rings. The molecule has 2 aromatic rings. The predicted octanol–water partition coefficient (Wildman–Crippen LogP) is 3.61. The molecule has 0 aliphatic rings. The average molecular weight is 246 g/mol. The molecule has 0 aromatic carbocycles. The first-order valence-corrected chi connectivity index (χ1v) is 6.67. The number of thiophene rings is 1. The van der Waals surface area contributed by atoms with Gasteiger partial charge < -0.3 is 5.32 Å². The van der Waals surface area contributed by atoms with Gasteiger partial charge in [-0.2, -0.15) is 0 Å². The van der Waals surface area contributed by atoms with Gasteiger partial charge in [0, 0.05) is 34.7 Å². The Balaban J connectivity index is 1.97. The standard InChI is InChI=1S/C14H18N2S/c1-10-7-14(12(3)17-10)9-16-11(2)13-5-4-6-15-8-13/h4-8,11,16H,9H2,1-3H3/t11-/m0/s1. The average Bonchev–Trinajstić information content (AvgIpc) is 2.66. The summed E-state index contributed by atoms with van der Waals surface area (Å²) in [5.41, 5.74) is 2.64. The van der Waals surface area contributed by atoms with Crippen LogP contribution in [0.2, 0.25) is 0 Å². The van der Waals surface area contributed by atoms with Gasteiger partial charge in [-0.25, -0.2) is 0 Å². The third-order valence-electron chi connectivity index (χ3n) is 2.93. The lowest BCUT2D eigenvalue weighted by Crippen LogP contribution is -2.18. The molecular formula is C14H18N2S. The summed E-state index contributed by atoms with van der Waals surface area (Å²) in [5.74, 6) is 0. The van der Waals surface area contributed by atoms with Gasteiger partial charge >= 0.3 is 0 Å². The number of nitrogens with one attached hydrogen (secondary N) is 1. The zero-order valence-corrected chi connectivity index (χ0v) is 11.3. The van der Waals surface area contributed by atoms with E-state index >= 15 is 0 Å². The largest absolute Gasteiger partial charge is 0.306 e. The fourth-order valence-electron chi connectivity index (χ4n) is 1.87. The van der Waals surface area contributed by atoms with Crippen molar-refractivity contribution in [2.75, 3.05) is 0 Å². The van der Waals surface area contributed by atoms with E-state index in [4.69, 9.17) is 0 Å². The van der Waals surface area contributed by atoms with Crippen molar-refractivity contribution in [3.05, 3.63) is 51.5 Å². The fraction of sp³-hybridized carbons (Fsp3) is 0.357. The van der Waals surface area contributed by atoms with Crippen LogP contribution in [-0.2, 0) is 6.54 Å². The molecule has 0 saturated carbocycles. The van der Waals surface area contributed by atoms with Gasteiger partial charge in [0.15, 0.2) is 0 Å². The molecule has 2 nitrogen and oxygen atoms in total. The smallest absolute Gasteiger partial charge is 0.0315 e. The Bertz CT molecular complexity index is 476. The van der Waals surface area contributed by atoms with E-state index in [2.05, 4.69) is 43.2 Å². The van der Waals surface area contributed by atoms with Crippen LogP contribution in [0.3, 0.4) is 0 Å². The van der Waals surface area contributed by atoms with E-state index in [0.717, 1.165) is 6.54 Å². The van der Waals surface area contributed by atoms with Crippen LogP contribution in [0.4, 0.5) is 0 Å². The summed E-state index contributed by atoms with van der Waals surface area (Å²) >= 11 is 1.86. The molecule has 0 radical (unpaired) electrons. The number of hydrogen-bond donors (Lipinski definition) is 1. The molecular weight excluding hydrogens is 228 g/mol. The third-order valence-corrected chi connectivity index (χ3v) is 3.94. The zero-order valence-electron chi connectivity index (χ0n) is 10.5. The predicted molar refractivity (Wildman–Crippen MR) is 73.3 cm³/mol. The summed E-state index contributed by atoms with van der Waals surface area (Å²) in [6, 6.07) is 6.69. The van der Waals surface area contributed by atoms with Gasteiger partial charge in [-0.05, 0) is 44.0 Å². The molecule has 1 N–H and O–H groups in total. The quantitative estimate of drug-likeness (QED) is 0.891. The molecule has 90 valence electrons. The van der Waals surface area contributed by atoms with Gasteiger partial charge in [0.05, 0.1) is 0 Å². The third kappa shape index (κ3) is 3.14. The van der Waals surface area contributed by atoms with Gasteiger partial charge in [0.2, 0.25) is 0 Å². The Morgan fingerprint density at radius 3 is 2.82 bits per heavy atom.